The largest absolute Gasteiger partial charge is 0.337 e. The molecule has 28 heavy (non-hydrogen) atoms. The summed E-state index contributed by atoms with van der Waals surface area (Å²) in [7, 11) is 0. The first-order valence-electron chi connectivity index (χ1n) is 8.99. The monoisotopic (exact) mass is 378 g/mol. The molecule has 2 heterocycles. The Labute approximate surface area is 160 Å². The van der Waals surface area contributed by atoms with Crippen LogP contribution < -0.4 is 0 Å². The predicted octanol–water partition coefficient (Wildman–Crippen LogP) is 3.93. The van der Waals surface area contributed by atoms with E-state index in [0.29, 0.717) is 30.2 Å². The molecule has 0 saturated carbocycles. The maximum Gasteiger partial charge on any atom is 0.273 e. The summed E-state index contributed by atoms with van der Waals surface area (Å²) < 4.78 is 5.44. The third kappa shape index (κ3) is 3.24. The van der Waals surface area contributed by atoms with Gasteiger partial charge in [0.15, 0.2) is 0 Å². The number of nitro groups is 1. The van der Waals surface area contributed by atoms with E-state index >= 15 is 0 Å². The highest BCUT2D eigenvalue weighted by Crippen LogP contribution is 2.33. The molecule has 1 amide bonds. The highest BCUT2D eigenvalue weighted by Gasteiger charge is 2.35. The molecule has 8 nitrogen and oxygen atoms in total. The van der Waals surface area contributed by atoms with Crippen LogP contribution in [0.1, 0.15) is 40.7 Å². The second-order valence-electron chi connectivity index (χ2n) is 6.74. The van der Waals surface area contributed by atoms with Crippen molar-refractivity contribution in [3.63, 3.8) is 0 Å². The minimum absolute atomic E-state index is 0.0641. The molecule has 0 bridgehead atoms. The number of rotatable bonds is 4. The standard InChI is InChI=1S/C20H18N4O4/c1-13-9-10-15(12-17(13)24(26)27)20(25)23-11-5-8-16(23)19-21-18(22-28-19)14-6-3-2-4-7-14/h2-4,6-7,9-10,12,16H,5,8,11H2,1H3/t16-/m0/s1. The fourth-order valence-electron chi connectivity index (χ4n) is 3.45. The molecule has 0 N–H and O–H groups in total. The SMILES string of the molecule is Cc1ccc(C(=O)N2CCC[C@H]2c2nc(-c3ccccc3)no2)cc1[N+](=O)[O-]. The van der Waals surface area contributed by atoms with Crippen molar-refractivity contribution in [2.75, 3.05) is 6.54 Å². The number of likely N-dealkylation sites (tertiary alicyclic amines) is 1. The summed E-state index contributed by atoms with van der Waals surface area (Å²) in [5.41, 5.74) is 1.57. The van der Waals surface area contributed by atoms with Crippen LogP contribution >= 0.6 is 0 Å². The summed E-state index contributed by atoms with van der Waals surface area (Å²) in [6, 6.07) is 13.7. The van der Waals surface area contributed by atoms with Gasteiger partial charge in [-0.2, -0.15) is 4.98 Å². The van der Waals surface area contributed by atoms with Crippen molar-refractivity contribution in [1.29, 1.82) is 0 Å². The van der Waals surface area contributed by atoms with Crippen LogP contribution in [0.4, 0.5) is 5.69 Å². The molecule has 3 aromatic rings. The lowest BCUT2D eigenvalue weighted by Gasteiger charge is -2.22. The van der Waals surface area contributed by atoms with Gasteiger partial charge in [-0.05, 0) is 25.8 Å². The molecule has 2 aromatic carbocycles. The van der Waals surface area contributed by atoms with Crippen molar-refractivity contribution < 1.29 is 14.2 Å². The topological polar surface area (TPSA) is 102 Å². The Morgan fingerprint density at radius 1 is 1.25 bits per heavy atom. The molecule has 0 spiro atoms. The van der Waals surface area contributed by atoms with Crippen LogP contribution in [0.3, 0.4) is 0 Å². The molecule has 1 aliphatic heterocycles. The summed E-state index contributed by atoms with van der Waals surface area (Å²) in [6.07, 6.45) is 1.50. The zero-order chi connectivity index (χ0) is 19.7. The van der Waals surface area contributed by atoms with Gasteiger partial charge in [-0.1, -0.05) is 41.6 Å². The molecule has 142 valence electrons. The normalized spacial score (nSPS) is 16.3. The Morgan fingerprint density at radius 2 is 2.04 bits per heavy atom. The van der Waals surface area contributed by atoms with Gasteiger partial charge in [-0.15, -0.1) is 0 Å². The zero-order valence-electron chi connectivity index (χ0n) is 15.2. The third-order valence-electron chi connectivity index (χ3n) is 4.93. The Hall–Kier alpha value is -3.55. The predicted molar refractivity (Wildman–Crippen MR) is 101 cm³/mol. The van der Waals surface area contributed by atoms with E-state index in [1.807, 2.05) is 30.3 Å². The van der Waals surface area contributed by atoms with E-state index in [1.165, 1.54) is 6.07 Å². The Morgan fingerprint density at radius 3 is 2.79 bits per heavy atom. The van der Waals surface area contributed by atoms with E-state index in [9.17, 15) is 14.9 Å². The van der Waals surface area contributed by atoms with Crippen LogP contribution in [0, 0.1) is 17.0 Å². The van der Waals surface area contributed by atoms with Crippen LogP contribution in [0.25, 0.3) is 11.4 Å². The number of hydrogen-bond donors (Lipinski definition) is 0. The highest BCUT2D eigenvalue weighted by molar-refractivity contribution is 5.95. The molecular weight excluding hydrogens is 360 g/mol. The molecule has 1 fully saturated rings. The maximum atomic E-state index is 13.0. The lowest BCUT2D eigenvalue weighted by molar-refractivity contribution is -0.385. The van der Waals surface area contributed by atoms with Crippen molar-refractivity contribution in [2.45, 2.75) is 25.8 Å². The molecule has 1 aromatic heterocycles. The highest BCUT2D eigenvalue weighted by atomic mass is 16.6. The van der Waals surface area contributed by atoms with E-state index in [1.54, 1.807) is 24.0 Å². The Kier molecular flexibility index (Phi) is 4.60. The fraction of sp³-hybridized carbons (Fsp3) is 0.250. The summed E-state index contributed by atoms with van der Waals surface area (Å²) in [5, 5.41) is 15.2. The van der Waals surface area contributed by atoms with Crippen molar-refractivity contribution in [3.8, 4) is 11.4 Å². The average Bonchev–Trinajstić information content (AvgIpc) is 3.37. The molecule has 1 aliphatic rings. The first kappa shape index (κ1) is 17.8. The summed E-state index contributed by atoms with van der Waals surface area (Å²) >= 11 is 0. The fourth-order valence-corrected chi connectivity index (χ4v) is 3.45. The van der Waals surface area contributed by atoms with Gasteiger partial charge in [0.05, 0.1) is 4.92 Å². The molecule has 0 aliphatic carbocycles. The number of aryl methyl sites for hydroxylation is 1. The van der Waals surface area contributed by atoms with Gasteiger partial charge < -0.3 is 9.42 Å². The third-order valence-corrected chi connectivity index (χ3v) is 4.93. The van der Waals surface area contributed by atoms with Gasteiger partial charge in [0.2, 0.25) is 11.7 Å². The summed E-state index contributed by atoms with van der Waals surface area (Å²) in [6.45, 7) is 2.18. The lowest BCUT2D eigenvalue weighted by atomic mass is 10.1. The number of carbonyl (C=O) groups is 1. The van der Waals surface area contributed by atoms with Crippen molar-refractivity contribution >= 4 is 11.6 Å². The Bertz CT molecular complexity index is 1030. The number of benzene rings is 2. The molecule has 0 unspecified atom stereocenters. The minimum Gasteiger partial charge on any atom is -0.337 e. The van der Waals surface area contributed by atoms with Gasteiger partial charge >= 0.3 is 0 Å². The number of hydrogen-bond acceptors (Lipinski definition) is 6. The summed E-state index contributed by atoms with van der Waals surface area (Å²) in [5.74, 6) is 0.581. The smallest absolute Gasteiger partial charge is 0.273 e. The first-order chi connectivity index (χ1) is 13.5. The van der Waals surface area contributed by atoms with Gasteiger partial charge in [0, 0.05) is 29.3 Å². The number of amides is 1. The molecule has 8 heteroatoms. The van der Waals surface area contributed by atoms with E-state index < -0.39 is 4.92 Å². The molecule has 1 atom stereocenters. The molecular formula is C20H18N4O4. The van der Waals surface area contributed by atoms with E-state index in [4.69, 9.17) is 4.52 Å². The molecule has 4 rings (SSSR count). The molecule has 1 saturated heterocycles. The van der Waals surface area contributed by atoms with Gasteiger partial charge in [0.1, 0.15) is 6.04 Å². The number of carbonyl (C=O) groups excluding carboxylic acids is 1. The Balaban J connectivity index is 1.61. The van der Waals surface area contributed by atoms with Crippen LogP contribution in [0.2, 0.25) is 0 Å². The average molecular weight is 378 g/mol. The van der Waals surface area contributed by atoms with Crippen molar-refractivity contribution in [3.05, 3.63) is 75.7 Å². The van der Waals surface area contributed by atoms with Crippen LogP contribution in [-0.2, 0) is 0 Å². The van der Waals surface area contributed by atoms with Crippen molar-refractivity contribution in [2.24, 2.45) is 0 Å². The van der Waals surface area contributed by atoms with Gasteiger partial charge in [-0.3, -0.25) is 14.9 Å². The minimum atomic E-state index is -0.474. The first-order valence-corrected chi connectivity index (χ1v) is 8.99. The number of nitro benzene ring substituents is 1. The second kappa shape index (κ2) is 7.22. The van der Waals surface area contributed by atoms with Gasteiger partial charge in [-0.25, -0.2) is 0 Å². The van der Waals surface area contributed by atoms with Crippen LogP contribution in [0.5, 0.6) is 0 Å². The number of nitrogens with zero attached hydrogens (tertiary/aromatic N) is 4. The summed E-state index contributed by atoms with van der Waals surface area (Å²) in [4.78, 5) is 29.8. The van der Waals surface area contributed by atoms with Crippen molar-refractivity contribution in [1.82, 2.24) is 15.0 Å². The maximum absolute atomic E-state index is 13.0. The second-order valence-corrected chi connectivity index (χ2v) is 6.74. The van der Waals surface area contributed by atoms with Crippen LogP contribution in [-0.4, -0.2) is 32.4 Å². The molecule has 0 radical (unpaired) electrons. The number of aromatic nitrogens is 2. The quantitative estimate of drug-likeness (QED) is 0.503. The van der Waals surface area contributed by atoms with Crippen LogP contribution in [0.15, 0.2) is 53.1 Å². The van der Waals surface area contributed by atoms with E-state index in [0.717, 1.165) is 12.0 Å². The zero-order valence-corrected chi connectivity index (χ0v) is 15.2. The van der Waals surface area contributed by atoms with E-state index in [2.05, 4.69) is 10.1 Å². The lowest BCUT2D eigenvalue weighted by Crippen LogP contribution is -2.30. The van der Waals surface area contributed by atoms with E-state index in [-0.39, 0.29) is 23.2 Å². The van der Waals surface area contributed by atoms with Gasteiger partial charge in [0.25, 0.3) is 11.6 Å².